The van der Waals surface area contributed by atoms with Crippen LogP contribution >= 0.6 is 11.8 Å². The number of sulfonamides is 1. The SMILES string of the molecule is CCNCCn1nc(C)c(S(=O)(=O)NCC(C)SC)c1C. The molecule has 8 heteroatoms. The van der Waals surface area contributed by atoms with Crippen molar-refractivity contribution in [2.45, 2.75) is 44.4 Å². The van der Waals surface area contributed by atoms with Crippen molar-refractivity contribution in [1.29, 1.82) is 0 Å². The molecule has 6 nitrogen and oxygen atoms in total. The minimum absolute atomic E-state index is 0.240. The molecular weight excluding hydrogens is 308 g/mol. The monoisotopic (exact) mass is 334 g/mol. The Morgan fingerprint density at radius 3 is 2.62 bits per heavy atom. The summed E-state index contributed by atoms with van der Waals surface area (Å²) in [5, 5.41) is 7.80. The van der Waals surface area contributed by atoms with Gasteiger partial charge in [-0.1, -0.05) is 13.8 Å². The van der Waals surface area contributed by atoms with Crippen LogP contribution in [0.2, 0.25) is 0 Å². The second-order valence-electron chi connectivity index (χ2n) is 4.97. The van der Waals surface area contributed by atoms with Gasteiger partial charge in [0.05, 0.1) is 17.9 Å². The fraction of sp³-hybridized carbons (Fsp3) is 0.769. The van der Waals surface area contributed by atoms with Crippen LogP contribution in [-0.2, 0) is 16.6 Å². The minimum Gasteiger partial charge on any atom is -0.315 e. The molecule has 0 saturated carbocycles. The molecule has 0 saturated heterocycles. The molecule has 0 aliphatic rings. The molecule has 0 spiro atoms. The maximum absolute atomic E-state index is 12.4. The van der Waals surface area contributed by atoms with Crippen molar-refractivity contribution in [3.05, 3.63) is 11.4 Å². The smallest absolute Gasteiger partial charge is 0.244 e. The highest BCUT2D eigenvalue weighted by Crippen LogP contribution is 2.19. The molecule has 1 atom stereocenters. The number of hydrogen-bond donors (Lipinski definition) is 2. The first kappa shape index (κ1) is 18.5. The molecular formula is C13H26N4O2S2. The average Bonchev–Trinajstić information content (AvgIpc) is 2.72. The third-order valence-corrected chi connectivity index (χ3v) is 5.94. The van der Waals surface area contributed by atoms with E-state index in [4.69, 9.17) is 0 Å². The molecule has 2 N–H and O–H groups in total. The van der Waals surface area contributed by atoms with Gasteiger partial charge in [-0.15, -0.1) is 0 Å². The van der Waals surface area contributed by atoms with Crippen molar-refractivity contribution in [2.75, 3.05) is 25.9 Å². The first-order valence-corrected chi connectivity index (χ1v) is 9.87. The fourth-order valence-electron chi connectivity index (χ4n) is 2.03. The average molecular weight is 335 g/mol. The first-order valence-electron chi connectivity index (χ1n) is 7.10. The largest absolute Gasteiger partial charge is 0.315 e. The van der Waals surface area contributed by atoms with Crippen LogP contribution in [0, 0.1) is 13.8 Å². The molecule has 0 aliphatic carbocycles. The van der Waals surface area contributed by atoms with Gasteiger partial charge in [0.2, 0.25) is 10.0 Å². The second kappa shape index (κ2) is 8.17. The van der Waals surface area contributed by atoms with Crippen LogP contribution in [0.1, 0.15) is 25.2 Å². The van der Waals surface area contributed by atoms with Crippen LogP contribution in [0.3, 0.4) is 0 Å². The summed E-state index contributed by atoms with van der Waals surface area (Å²) in [6.45, 7) is 10.3. The molecule has 1 rings (SSSR count). The maximum Gasteiger partial charge on any atom is 0.244 e. The van der Waals surface area contributed by atoms with E-state index >= 15 is 0 Å². The molecule has 1 aromatic rings. The zero-order valence-electron chi connectivity index (χ0n) is 13.4. The number of thioether (sulfide) groups is 1. The van der Waals surface area contributed by atoms with Crippen LogP contribution in [0.5, 0.6) is 0 Å². The van der Waals surface area contributed by atoms with Crippen LogP contribution in [0.25, 0.3) is 0 Å². The summed E-state index contributed by atoms with van der Waals surface area (Å²) >= 11 is 1.63. The van der Waals surface area contributed by atoms with Crippen LogP contribution in [0.4, 0.5) is 0 Å². The molecule has 0 aliphatic heterocycles. The lowest BCUT2D eigenvalue weighted by Crippen LogP contribution is -2.30. The third kappa shape index (κ3) is 4.98. The van der Waals surface area contributed by atoms with Gasteiger partial charge in [0, 0.05) is 18.3 Å². The Hall–Kier alpha value is -0.570. The van der Waals surface area contributed by atoms with E-state index in [0.29, 0.717) is 29.4 Å². The van der Waals surface area contributed by atoms with Crippen LogP contribution in [-0.4, -0.2) is 49.3 Å². The van der Waals surface area contributed by atoms with E-state index in [1.807, 2.05) is 20.1 Å². The number of aryl methyl sites for hydroxylation is 1. The number of nitrogens with one attached hydrogen (secondary N) is 2. The van der Waals surface area contributed by atoms with Crippen molar-refractivity contribution in [3.63, 3.8) is 0 Å². The normalized spacial score (nSPS) is 13.6. The van der Waals surface area contributed by atoms with Gasteiger partial charge in [-0.3, -0.25) is 4.68 Å². The van der Waals surface area contributed by atoms with Gasteiger partial charge in [0.15, 0.2) is 0 Å². The molecule has 1 heterocycles. The van der Waals surface area contributed by atoms with E-state index in [-0.39, 0.29) is 5.25 Å². The lowest BCUT2D eigenvalue weighted by molar-refractivity contribution is 0.549. The van der Waals surface area contributed by atoms with E-state index in [0.717, 1.165) is 13.1 Å². The zero-order valence-corrected chi connectivity index (χ0v) is 15.1. The number of aromatic nitrogens is 2. The predicted octanol–water partition coefficient (Wildman–Crippen LogP) is 1.14. The fourth-order valence-corrected chi connectivity index (χ4v) is 3.92. The lowest BCUT2D eigenvalue weighted by atomic mass is 10.4. The highest BCUT2D eigenvalue weighted by molar-refractivity contribution is 7.99. The first-order chi connectivity index (χ1) is 9.83. The quantitative estimate of drug-likeness (QED) is 0.662. The summed E-state index contributed by atoms with van der Waals surface area (Å²) in [7, 11) is -3.50. The molecule has 0 amide bonds. The van der Waals surface area contributed by atoms with Gasteiger partial charge >= 0.3 is 0 Å². The Bertz CT molecular complexity index is 555. The Morgan fingerprint density at radius 1 is 1.38 bits per heavy atom. The van der Waals surface area contributed by atoms with E-state index in [1.54, 1.807) is 30.3 Å². The van der Waals surface area contributed by atoms with Crippen molar-refractivity contribution in [2.24, 2.45) is 0 Å². The number of hydrogen-bond acceptors (Lipinski definition) is 5. The Balaban J connectivity index is 2.91. The van der Waals surface area contributed by atoms with Crippen molar-refractivity contribution in [1.82, 2.24) is 19.8 Å². The summed E-state index contributed by atoms with van der Waals surface area (Å²) in [5.41, 5.74) is 1.24. The van der Waals surface area contributed by atoms with Crippen LogP contribution < -0.4 is 10.0 Å². The van der Waals surface area contributed by atoms with Crippen molar-refractivity contribution in [3.8, 4) is 0 Å². The highest BCUT2D eigenvalue weighted by Gasteiger charge is 2.24. The molecule has 0 fully saturated rings. The Morgan fingerprint density at radius 2 is 2.05 bits per heavy atom. The van der Waals surface area contributed by atoms with Crippen molar-refractivity contribution >= 4 is 21.8 Å². The lowest BCUT2D eigenvalue weighted by Gasteiger charge is -2.11. The number of likely N-dealkylation sites (N-methyl/N-ethyl adjacent to an activating group) is 1. The van der Waals surface area contributed by atoms with E-state index in [2.05, 4.69) is 15.1 Å². The van der Waals surface area contributed by atoms with Crippen molar-refractivity contribution < 1.29 is 8.42 Å². The predicted molar refractivity (Wildman–Crippen MR) is 88.4 cm³/mol. The Kier molecular flexibility index (Phi) is 7.19. The highest BCUT2D eigenvalue weighted by atomic mass is 32.2. The van der Waals surface area contributed by atoms with E-state index < -0.39 is 10.0 Å². The minimum atomic E-state index is -3.50. The van der Waals surface area contributed by atoms with Gasteiger partial charge in [-0.2, -0.15) is 16.9 Å². The maximum atomic E-state index is 12.4. The molecule has 1 unspecified atom stereocenters. The topological polar surface area (TPSA) is 76.0 Å². The Labute approximate surface area is 132 Å². The summed E-state index contributed by atoms with van der Waals surface area (Å²) < 4.78 is 29.3. The van der Waals surface area contributed by atoms with Gasteiger partial charge in [0.25, 0.3) is 0 Å². The van der Waals surface area contributed by atoms with E-state index in [9.17, 15) is 8.42 Å². The van der Waals surface area contributed by atoms with E-state index in [1.165, 1.54) is 0 Å². The summed E-state index contributed by atoms with van der Waals surface area (Å²) in [4.78, 5) is 0.312. The molecule has 0 aromatic carbocycles. The van der Waals surface area contributed by atoms with Gasteiger partial charge < -0.3 is 5.32 Å². The summed E-state index contributed by atoms with van der Waals surface area (Å²) in [5.74, 6) is 0. The van der Waals surface area contributed by atoms with Gasteiger partial charge in [0.1, 0.15) is 4.90 Å². The van der Waals surface area contributed by atoms with Crippen LogP contribution in [0.15, 0.2) is 4.90 Å². The third-order valence-electron chi connectivity index (χ3n) is 3.30. The number of rotatable bonds is 9. The molecule has 21 heavy (non-hydrogen) atoms. The summed E-state index contributed by atoms with van der Waals surface area (Å²) in [6.07, 6.45) is 1.97. The van der Waals surface area contributed by atoms with Gasteiger partial charge in [-0.05, 0) is 26.6 Å². The standard InChI is InChI=1S/C13H26N4O2S2/c1-6-14-7-8-17-12(4)13(11(3)16-17)21(18,19)15-9-10(2)20-5/h10,14-15H,6-9H2,1-5H3. The number of nitrogens with zero attached hydrogens (tertiary/aromatic N) is 2. The molecule has 0 radical (unpaired) electrons. The molecule has 1 aromatic heterocycles. The molecule has 122 valence electrons. The zero-order chi connectivity index (χ0) is 16.0. The molecule has 0 bridgehead atoms. The second-order valence-corrected chi connectivity index (χ2v) is 7.95. The van der Waals surface area contributed by atoms with Gasteiger partial charge in [-0.25, -0.2) is 13.1 Å². The summed E-state index contributed by atoms with van der Waals surface area (Å²) in [6, 6.07) is 0.